The number of nitrogens with two attached hydrogens (primary N) is 1. The van der Waals surface area contributed by atoms with E-state index in [4.69, 9.17) is 11.0 Å². The number of carbonyl (C=O) groups is 1. The molecule has 19 heavy (non-hydrogen) atoms. The number of nitriles is 1. The average molecular weight is 260 g/mol. The number of nitrogens with zero attached hydrogens (tertiary/aromatic N) is 2. The van der Waals surface area contributed by atoms with Crippen molar-refractivity contribution >= 4 is 5.91 Å². The van der Waals surface area contributed by atoms with Gasteiger partial charge in [0.05, 0.1) is 12.5 Å². The Morgan fingerprint density at radius 1 is 1.53 bits per heavy atom. The predicted octanol–water partition coefficient (Wildman–Crippen LogP) is 1.24. The number of aryl methyl sites for hydroxylation is 1. The molecule has 1 aromatic rings. The van der Waals surface area contributed by atoms with Gasteiger partial charge in [-0.3, -0.25) is 4.79 Å². The minimum atomic E-state index is -0.0611. The smallest absolute Gasteiger partial charge is 0.239 e. The third-order valence-electron chi connectivity index (χ3n) is 3.49. The van der Waals surface area contributed by atoms with E-state index in [0.717, 1.165) is 12.8 Å². The Hall–Kier alpha value is -1.80. The van der Waals surface area contributed by atoms with Crippen molar-refractivity contribution in [3.8, 4) is 6.07 Å². The summed E-state index contributed by atoms with van der Waals surface area (Å²) in [6.07, 6.45) is 8.78. The third-order valence-corrected chi connectivity index (χ3v) is 3.49. The van der Waals surface area contributed by atoms with Crippen molar-refractivity contribution in [1.29, 1.82) is 5.26 Å². The van der Waals surface area contributed by atoms with Crippen LogP contribution in [0.3, 0.4) is 0 Å². The van der Waals surface area contributed by atoms with Gasteiger partial charge in [0.25, 0.3) is 0 Å². The van der Waals surface area contributed by atoms with E-state index >= 15 is 0 Å². The normalized spacial score (nSPS) is 18.2. The van der Waals surface area contributed by atoms with Crippen LogP contribution < -0.4 is 11.1 Å². The van der Waals surface area contributed by atoms with Gasteiger partial charge in [-0.05, 0) is 30.4 Å². The topological polar surface area (TPSA) is 83.8 Å². The largest absolute Gasteiger partial charge is 0.354 e. The van der Waals surface area contributed by atoms with Crippen LogP contribution in [0.2, 0.25) is 0 Å². The minimum absolute atomic E-state index is 0.0611. The fraction of sp³-hybridized carbons (Fsp3) is 0.571. The molecule has 102 valence electrons. The van der Waals surface area contributed by atoms with Gasteiger partial charge < -0.3 is 15.6 Å². The molecule has 0 radical (unpaired) electrons. The maximum absolute atomic E-state index is 11.7. The van der Waals surface area contributed by atoms with E-state index in [9.17, 15) is 4.79 Å². The summed E-state index contributed by atoms with van der Waals surface area (Å²) in [7, 11) is 0. The van der Waals surface area contributed by atoms with Crippen molar-refractivity contribution in [1.82, 2.24) is 9.88 Å². The molecule has 5 heteroatoms. The zero-order valence-corrected chi connectivity index (χ0v) is 11.1. The van der Waals surface area contributed by atoms with Crippen LogP contribution in [0.5, 0.6) is 0 Å². The van der Waals surface area contributed by atoms with Crippen molar-refractivity contribution < 1.29 is 4.79 Å². The molecule has 1 amide bonds. The van der Waals surface area contributed by atoms with Crippen LogP contribution in [0.25, 0.3) is 0 Å². The van der Waals surface area contributed by atoms with Gasteiger partial charge in [-0.1, -0.05) is 6.42 Å². The van der Waals surface area contributed by atoms with Crippen LogP contribution in [-0.2, 0) is 17.8 Å². The molecular formula is C14H20N4O. The second-order valence-corrected chi connectivity index (χ2v) is 5.02. The summed E-state index contributed by atoms with van der Waals surface area (Å²) in [4.78, 5) is 11.7. The van der Waals surface area contributed by atoms with E-state index < -0.39 is 0 Å². The van der Waals surface area contributed by atoms with E-state index in [-0.39, 0.29) is 11.9 Å². The lowest BCUT2D eigenvalue weighted by Gasteiger charge is -2.07. The highest BCUT2D eigenvalue weighted by Crippen LogP contribution is 2.27. The van der Waals surface area contributed by atoms with Gasteiger partial charge in [-0.25, -0.2) is 0 Å². The van der Waals surface area contributed by atoms with Crippen molar-refractivity contribution in [2.24, 2.45) is 5.73 Å². The average Bonchev–Trinajstić information content (AvgIpc) is 2.70. The second-order valence-electron chi connectivity index (χ2n) is 5.02. The first-order valence-corrected chi connectivity index (χ1v) is 6.78. The fourth-order valence-corrected chi connectivity index (χ4v) is 2.52. The molecule has 0 aliphatic heterocycles. The lowest BCUT2D eigenvalue weighted by Crippen LogP contribution is -2.27. The molecule has 1 unspecified atom stereocenters. The van der Waals surface area contributed by atoms with E-state index in [0.29, 0.717) is 19.5 Å². The highest BCUT2D eigenvalue weighted by molar-refractivity contribution is 5.75. The molecule has 1 aliphatic carbocycles. The summed E-state index contributed by atoms with van der Waals surface area (Å²) in [5.74, 6) is -0.0611. The van der Waals surface area contributed by atoms with Crippen LogP contribution in [0.4, 0.5) is 0 Å². The molecular weight excluding hydrogens is 240 g/mol. The van der Waals surface area contributed by atoms with Crippen LogP contribution in [-0.4, -0.2) is 17.0 Å². The minimum Gasteiger partial charge on any atom is -0.354 e. The van der Waals surface area contributed by atoms with E-state index in [1.807, 2.05) is 23.0 Å². The molecule has 1 aliphatic rings. The number of amides is 1. The predicted molar refractivity (Wildman–Crippen MR) is 72.2 cm³/mol. The van der Waals surface area contributed by atoms with Crippen molar-refractivity contribution in [3.63, 3.8) is 0 Å². The standard InChI is InChI=1S/C14H20N4O/c15-6-3-7-17-14(19)10-18-8-11-4-1-2-5-13(16)12(11)9-18/h8-9,13H,1-5,7,10,16H2,(H,17,19). The number of hydrogen-bond donors (Lipinski definition) is 2. The molecule has 1 atom stereocenters. The Balaban J connectivity index is 1.97. The first-order chi connectivity index (χ1) is 9.20. The summed E-state index contributed by atoms with van der Waals surface area (Å²) < 4.78 is 1.90. The molecule has 0 fully saturated rings. The first-order valence-electron chi connectivity index (χ1n) is 6.78. The first kappa shape index (κ1) is 13.6. The summed E-state index contributed by atoms with van der Waals surface area (Å²) in [6.45, 7) is 0.709. The highest BCUT2D eigenvalue weighted by atomic mass is 16.1. The van der Waals surface area contributed by atoms with Crippen molar-refractivity contribution in [2.75, 3.05) is 6.54 Å². The SMILES string of the molecule is N#CCCNC(=O)Cn1cc2c(c1)C(N)CCCC2. The van der Waals surface area contributed by atoms with E-state index in [2.05, 4.69) is 5.32 Å². The maximum atomic E-state index is 11.7. The Kier molecular flexibility index (Phi) is 4.58. The van der Waals surface area contributed by atoms with Crippen LogP contribution in [0.15, 0.2) is 12.4 Å². The van der Waals surface area contributed by atoms with E-state index in [1.54, 1.807) is 0 Å². The maximum Gasteiger partial charge on any atom is 0.239 e. The Bertz CT molecular complexity index is 486. The molecule has 0 aromatic carbocycles. The number of rotatable bonds is 4. The van der Waals surface area contributed by atoms with Crippen molar-refractivity contribution in [3.05, 3.63) is 23.5 Å². The monoisotopic (exact) mass is 260 g/mol. The Morgan fingerprint density at radius 2 is 2.37 bits per heavy atom. The number of carbonyl (C=O) groups excluding carboxylic acids is 1. The third kappa shape index (κ3) is 3.58. The van der Waals surface area contributed by atoms with Gasteiger partial charge in [-0.15, -0.1) is 0 Å². The fourth-order valence-electron chi connectivity index (χ4n) is 2.52. The summed E-state index contributed by atoms with van der Waals surface area (Å²) in [5, 5.41) is 11.1. The lowest BCUT2D eigenvalue weighted by atomic mass is 10.1. The molecule has 1 heterocycles. The van der Waals surface area contributed by atoms with Gasteiger partial charge in [0.15, 0.2) is 0 Å². The quantitative estimate of drug-likeness (QED) is 0.631. The van der Waals surface area contributed by atoms with Gasteiger partial charge in [0.1, 0.15) is 6.54 Å². The summed E-state index contributed by atoms with van der Waals surface area (Å²) in [5.41, 5.74) is 8.59. The highest BCUT2D eigenvalue weighted by Gasteiger charge is 2.17. The van der Waals surface area contributed by atoms with Crippen LogP contribution in [0.1, 0.15) is 42.9 Å². The van der Waals surface area contributed by atoms with Crippen LogP contribution >= 0.6 is 0 Å². The Morgan fingerprint density at radius 3 is 3.16 bits per heavy atom. The number of fused-ring (bicyclic) bond motifs is 1. The molecule has 0 bridgehead atoms. The number of aromatic nitrogens is 1. The number of nitrogens with one attached hydrogen (secondary N) is 1. The zero-order valence-electron chi connectivity index (χ0n) is 11.1. The molecule has 0 saturated carbocycles. The number of hydrogen-bond acceptors (Lipinski definition) is 3. The van der Waals surface area contributed by atoms with Crippen LogP contribution in [0, 0.1) is 11.3 Å². The lowest BCUT2D eigenvalue weighted by molar-refractivity contribution is -0.121. The van der Waals surface area contributed by atoms with E-state index in [1.165, 1.54) is 24.0 Å². The van der Waals surface area contributed by atoms with Gasteiger partial charge in [-0.2, -0.15) is 5.26 Å². The summed E-state index contributed by atoms with van der Waals surface area (Å²) in [6, 6.07) is 2.10. The van der Waals surface area contributed by atoms with Gasteiger partial charge >= 0.3 is 0 Å². The Labute approximate surface area is 113 Å². The molecule has 1 aromatic heterocycles. The molecule has 3 N–H and O–H groups in total. The van der Waals surface area contributed by atoms with Gasteiger partial charge in [0, 0.05) is 25.0 Å². The van der Waals surface area contributed by atoms with Crippen molar-refractivity contribution in [2.45, 2.75) is 44.7 Å². The van der Waals surface area contributed by atoms with Gasteiger partial charge in [0.2, 0.25) is 5.91 Å². The second kappa shape index (κ2) is 6.39. The molecule has 2 rings (SSSR count). The molecule has 5 nitrogen and oxygen atoms in total. The molecule has 0 spiro atoms. The zero-order chi connectivity index (χ0) is 13.7. The summed E-state index contributed by atoms with van der Waals surface area (Å²) >= 11 is 0. The molecule has 0 saturated heterocycles.